The average molecular weight is 227 g/mol. The van der Waals surface area contributed by atoms with Gasteiger partial charge in [-0.3, -0.25) is 10.1 Å². The van der Waals surface area contributed by atoms with Crippen molar-refractivity contribution in [1.29, 1.82) is 0 Å². The minimum Gasteiger partial charge on any atom is -0.376 e. The van der Waals surface area contributed by atoms with E-state index >= 15 is 0 Å². The van der Waals surface area contributed by atoms with Crippen molar-refractivity contribution in [3.63, 3.8) is 0 Å². The van der Waals surface area contributed by atoms with Gasteiger partial charge in [0.05, 0.1) is 16.6 Å². The molecule has 0 amide bonds. The van der Waals surface area contributed by atoms with Crippen LogP contribution in [0.5, 0.6) is 0 Å². The molecule has 1 aromatic rings. The van der Waals surface area contributed by atoms with Gasteiger partial charge in [-0.25, -0.2) is 4.39 Å². The number of nitrogens with zero attached hydrogens (tertiary/aromatic N) is 1. The standard InChI is InChI=1S/C11H14FNO3/c1-8(12)7-11(16-2)9-5-3-4-6-10(9)13(14)15/h3-6,8,11H,7H2,1-2H3. The molecular formula is C11H14FNO3. The van der Waals surface area contributed by atoms with Gasteiger partial charge in [0.2, 0.25) is 0 Å². The van der Waals surface area contributed by atoms with Crippen LogP contribution in [-0.2, 0) is 4.74 Å². The number of rotatable bonds is 5. The van der Waals surface area contributed by atoms with Crippen LogP contribution in [0, 0.1) is 10.1 Å². The van der Waals surface area contributed by atoms with Gasteiger partial charge >= 0.3 is 0 Å². The minimum absolute atomic E-state index is 0.0324. The first-order valence-corrected chi connectivity index (χ1v) is 4.96. The Morgan fingerprint density at radius 3 is 2.62 bits per heavy atom. The van der Waals surface area contributed by atoms with E-state index in [0.717, 1.165) is 0 Å². The summed E-state index contributed by atoms with van der Waals surface area (Å²) in [6, 6.07) is 6.24. The third-order valence-corrected chi connectivity index (χ3v) is 2.30. The summed E-state index contributed by atoms with van der Waals surface area (Å²) in [5, 5.41) is 10.8. The molecule has 0 aromatic heterocycles. The molecule has 0 aliphatic rings. The largest absolute Gasteiger partial charge is 0.376 e. The van der Waals surface area contributed by atoms with Crippen molar-refractivity contribution in [1.82, 2.24) is 0 Å². The van der Waals surface area contributed by atoms with Gasteiger partial charge in [-0.15, -0.1) is 0 Å². The molecule has 0 N–H and O–H groups in total. The lowest BCUT2D eigenvalue weighted by molar-refractivity contribution is -0.386. The molecule has 1 rings (SSSR count). The van der Waals surface area contributed by atoms with E-state index in [1.165, 1.54) is 20.1 Å². The lowest BCUT2D eigenvalue weighted by Crippen LogP contribution is -2.09. The van der Waals surface area contributed by atoms with Crippen molar-refractivity contribution in [3.05, 3.63) is 39.9 Å². The number of halogens is 1. The summed E-state index contributed by atoms with van der Waals surface area (Å²) in [5.41, 5.74) is 0.384. The van der Waals surface area contributed by atoms with E-state index in [1.807, 2.05) is 0 Å². The zero-order valence-electron chi connectivity index (χ0n) is 9.22. The lowest BCUT2D eigenvalue weighted by Gasteiger charge is -2.16. The van der Waals surface area contributed by atoms with Gasteiger partial charge in [-0.1, -0.05) is 12.1 Å². The van der Waals surface area contributed by atoms with Crippen LogP contribution < -0.4 is 0 Å². The van der Waals surface area contributed by atoms with Crippen molar-refractivity contribution >= 4 is 5.69 Å². The third kappa shape index (κ3) is 3.00. The van der Waals surface area contributed by atoms with Crippen molar-refractivity contribution in [2.24, 2.45) is 0 Å². The van der Waals surface area contributed by atoms with Gasteiger partial charge in [0.15, 0.2) is 0 Å². The Balaban J connectivity index is 3.04. The molecule has 0 saturated heterocycles. The number of alkyl halides is 1. The number of nitro benzene ring substituents is 1. The van der Waals surface area contributed by atoms with Crippen LogP contribution >= 0.6 is 0 Å². The summed E-state index contributed by atoms with van der Waals surface area (Å²) < 4.78 is 18.0. The van der Waals surface area contributed by atoms with E-state index < -0.39 is 17.2 Å². The number of hydrogen-bond acceptors (Lipinski definition) is 3. The summed E-state index contributed by atoms with van der Waals surface area (Å²) in [6.45, 7) is 1.40. The number of methoxy groups -OCH3 is 1. The second kappa shape index (κ2) is 5.55. The highest BCUT2D eigenvalue weighted by molar-refractivity contribution is 5.41. The highest BCUT2D eigenvalue weighted by atomic mass is 19.1. The van der Waals surface area contributed by atoms with E-state index in [-0.39, 0.29) is 12.1 Å². The van der Waals surface area contributed by atoms with Crippen molar-refractivity contribution in [2.45, 2.75) is 25.6 Å². The van der Waals surface area contributed by atoms with Gasteiger partial charge in [0.1, 0.15) is 6.17 Å². The van der Waals surface area contributed by atoms with Crippen LogP contribution in [-0.4, -0.2) is 18.2 Å². The van der Waals surface area contributed by atoms with E-state index in [0.29, 0.717) is 5.56 Å². The molecule has 2 atom stereocenters. The second-order valence-electron chi connectivity index (χ2n) is 3.56. The highest BCUT2D eigenvalue weighted by Crippen LogP contribution is 2.30. The first-order valence-electron chi connectivity index (χ1n) is 4.96. The van der Waals surface area contributed by atoms with Crippen molar-refractivity contribution < 1.29 is 14.1 Å². The zero-order chi connectivity index (χ0) is 12.1. The molecule has 5 heteroatoms. The van der Waals surface area contributed by atoms with Crippen LogP contribution in [0.1, 0.15) is 25.0 Å². The van der Waals surface area contributed by atoms with Crippen molar-refractivity contribution in [3.8, 4) is 0 Å². The summed E-state index contributed by atoms with van der Waals surface area (Å²) in [7, 11) is 1.42. The summed E-state index contributed by atoms with van der Waals surface area (Å²) in [5.74, 6) is 0. The molecule has 0 spiro atoms. The van der Waals surface area contributed by atoms with Crippen LogP contribution in [0.4, 0.5) is 10.1 Å². The number of nitro groups is 1. The molecule has 0 saturated carbocycles. The van der Waals surface area contributed by atoms with E-state index in [9.17, 15) is 14.5 Å². The number of para-hydroxylation sites is 1. The fourth-order valence-corrected chi connectivity index (χ4v) is 1.57. The SMILES string of the molecule is COC(CC(C)F)c1ccccc1[N+](=O)[O-]. The van der Waals surface area contributed by atoms with E-state index in [4.69, 9.17) is 4.74 Å². The fourth-order valence-electron chi connectivity index (χ4n) is 1.57. The smallest absolute Gasteiger partial charge is 0.275 e. The summed E-state index contributed by atoms with van der Waals surface area (Å²) in [6.07, 6.45) is -1.53. The van der Waals surface area contributed by atoms with Gasteiger partial charge in [-0.2, -0.15) is 0 Å². The average Bonchev–Trinajstić information content (AvgIpc) is 2.25. The molecule has 4 nitrogen and oxygen atoms in total. The van der Waals surface area contributed by atoms with E-state index in [1.54, 1.807) is 18.2 Å². The van der Waals surface area contributed by atoms with Gasteiger partial charge in [0.25, 0.3) is 5.69 Å². The highest BCUT2D eigenvalue weighted by Gasteiger charge is 2.22. The Labute approximate surface area is 93.2 Å². The second-order valence-corrected chi connectivity index (χ2v) is 3.56. The first-order chi connectivity index (χ1) is 7.56. The maximum absolute atomic E-state index is 12.9. The van der Waals surface area contributed by atoms with Crippen molar-refractivity contribution in [2.75, 3.05) is 7.11 Å². The third-order valence-electron chi connectivity index (χ3n) is 2.30. The quantitative estimate of drug-likeness (QED) is 0.573. The molecule has 0 bridgehead atoms. The molecule has 0 fully saturated rings. The molecule has 16 heavy (non-hydrogen) atoms. The molecule has 2 unspecified atom stereocenters. The Bertz CT molecular complexity index is 368. The van der Waals surface area contributed by atoms with Crippen LogP contribution in [0.25, 0.3) is 0 Å². The molecule has 1 aromatic carbocycles. The monoisotopic (exact) mass is 227 g/mol. The number of hydrogen-bond donors (Lipinski definition) is 0. The fraction of sp³-hybridized carbons (Fsp3) is 0.455. The maximum atomic E-state index is 12.9. The lowest BCUT2D eigenvalue weighted by atomic mass is 10.0. The Morgan fingerprint density at radius 1 is 1.50 bits per heavy atom. The van der Waals surface area contributed by atoms with E-state index in [2.05, 4.69) is 0 Å². The minimum atomic E-state index is -1.07. The molecule has 0 radical (unpaired) electrons. The molecular weight excluding hydrogens is 213 g/mol. The Morgan fingerprint density at radius 2 is 2.12 bits per heavy atom. The summed E-state index contributed by atoms with van der Waals surface area (Å²) >= 11 is 0. The van der Waals surface area contributed by atoms with Gasteiger partial charge in [0, 0.05) is 19.6 Å². The first kappa shape index (κ1) is 12.6. The number of ether oxygens (including phenoxy) is 1. The predicted octanol–water partition coefficient (Wildman–Crippen LogP) is 3.03. The molecule has 0 aliphatic heterocycles. The number of benzene rings is 1. The van der Waals surface area contributed by atoms with Crippen LogP contribution in [0.3, 0.4) is 0 Å². The summed E-state index contributed by atoms with van der Waals surface area (Å²) in [4.78, 5) is 10.3. The molecule has 0 aliphatic carbocycles. The van der Waals surface area contributed by atoms with Crippen LogP contribution in [0.15, 0.2) is 24.3 Å². The Hall–Kier alpha value is -1.49. The van der Waals surface area contributed by atoms with Gasteiger partial charge in [-0.05, 0) is 13.0 Å². The van der Waals surface area contributed by atoms with Gasteiger partial charge < -0.3 is 4.74 Å². The molecule has 88 valence electrons. The Kier molecular flexibility index (Phi) is 4.37. The maximum Gasteiger partial charge on any atom is 0.275 e. The van der Waals surface area contributed by atoms with Crippen LogP contribution in [0.2, 0.25) is 0 Å². The molecule has 0 heterocycles. The predicted molar refractivity (Wildman–Crippen MR) is 58.0 cm³/mol. The normalized spacial score (nSPS) is 14.4. The topological polar surface area (TPSA) is 52.4 Å². The zero-order valence-corrected chi connectivity index (χ0v) is 9.22.